The highest BCUT2D eigenvalue weighted by atomic mass is 19.3. The quantitative estimate of drug-likeness (QED) is 0.783. The Morgan fingerprint density at radius 1 is 1.33 bits per heavy atom. The summed E-state index contributed by atoms with van der Waals surface area (Å²) in [6.07, 6.45) is 0.169. The van der Waals surface area contributed by atoms with E-state index >= 15 is 0 Å². The predicted molar refractivity (Wildman–Crippen MR) is 61.7 cm³/mol. The number of fused-ring (bicyclic) bond motifs is 1. The monoisotopic (exact) mass is 250 g/mol. The molecule has 1 aromatic heterocycles. The smallest absolute Gasteiger partial charge is 0.349 e. The van der Waals surface area contributed by atoms with Crippen LogP contribution in [-0.4, -0.2) is 11.8 Å². The van der Waals surface area contributed by atoms with Gasteiger partial charge in [0.1, 0.15) is 11.3 Å². The Morgan fingerprint density at radius 3 is 2.78 bits per heavy atom. The van der Waals surface area contributed by atoms with Crippen LogP contribution in [0, 0.1) is 0 Å². The molecule has 1 heterocycles. The van der Waals surface area contributed by atoms with Gasteiger partial charge in [0, 0.05) is 21.9 Å². The van der Waals surface area contributed by atoms with Crippen LogP contribution in [-0.2, 0) is 16.2 Å². The molecule has 2 rings (SSSR count). The maximum Gasteiger partial charge on any atom is 0.349 e. The summed E-state index contributed by atoms with van der Waals surface area (Å²) in [4.78, 5) is 24.9. The molecular formula is C13H11FO4. The van der Waals surface area contributed by atoms with Crippen molar-refractivity contribution in [3.05, 3.63) is 35.6 Å². The number of benzene rings is 1. The fraction of sp³-hybridized carbons (Fsp3) is 0.231. The van der Waals surface area contributed by atoms with E-state index in [1.54, 1.807) is 24.3 Å². The third kappa shape index (κ3) is 2.56. The Kier molecular flexibility index (Phi) is 3.41. The molecule has 0 bridgehead atoms. The molecule has 0 N–H and O–H groups in total. The van der Waals surface area contributed by atoms with E-state index in [4.69, 9.17) is 4.42 Å². The highest BCUT2D eigenvalue weighted by Crippen LogP contribution is 2.22. The molecule has 1 aromatic carbocycles. The van der Waals surface area contributed by atoms with Crippen molar-refractivity contribution in [1.29, 1.82) is 0 Å². The van der Waals surface area contributed by atoms with Crippen LogP contribution in [0.25, 0.3) is 11.0 Å². The Morgan fingerprint density at radius 2 is 2.11 bits per heavy atom. The van der Waals surface area contributed by atoms with Gasteiger partial charge in [-0.2, -0.15) is 0 Å². The molecular weight excluding hydrogens is 239 g/mol. The van der Waals surface area contributed by atoms with Crippen molar-refractivity contribution in [1.82, 2.24) is 0 Å². The van der Waals surface area contributed by atoms with E-state index in [0.717, 1.165) is 5.39 Å². The number of rotatable bonds is 4. The lowest BCUT2D eigenvalue weighted by atomic mass is 10.1. The molecule has 94 valence electrons. The third-order valence-electron chi connectivity index (χ3n) is 2.64. The average molecular weight is 250 g/mol. The van der Waals surface area contributed by atoms with Crippen LogP contribution >= 0.6 is 0 Å². The van der Waals surface area contributed by atoms with Crippen molar-refractivity contribution in [2.24, 2.45) is 0 Å². The molecule has 0 aliphatic rings. The first-order chi connectivity index (χ1) is 8.60. The molecule has 0 aliphatic carbocycles. The molecule has 0 atom stereocenters. The van der Waals surface area contributed by atoms with Crippen LogP contribution in [0.1, 0.15) is 29.5 Å². The van der Waals surface area contributed by atoms with E-state index < -0.39 is 5.97 Å². The molecule has 0 radical (unpaired) electrons. The Hall–Kier alpha value is -2.17. The first kappa shape index (κ1) is 12.3. The zero-order chi connectivity index (χ0) is 13.1. The van der Waals surface area contributed by atoms with Gasteiger partial charge in [-0.1, -0.05) is 0 Å². The zero-order valence-corrected chi connectivity index (χ0v) is 9.73. The zero-order valence-electron chi connectivity index (χ0n) is 9.73. The summed E-state index contributed by atoms with van der Waals surface area (Å²) < 4.78 is 17.0. The molecule has 0 unspecified atom stereocenters. The maximum atomic E-state index is 11.5. The summed E-state index contributed by atoms with van der Waals surface area (Å²) in [5.74, 6) is -0.406. The van der Waals surface area contributed by atoms with Crippen LogP contribution in [0.2, 0.25) is 0 Å². The number of carbonyl (C=O) groups is 2. The van der Waals surface area contributed by atoms with E-state index in [1.807, 2.05) is 0 Å². The molecule has 0 fully saturated rings. The topological polar surface area (TPSA) is 56.5 Å². The Bertz CT molecular complexity index is 600. The van der Waals surface area contributed by atoms with Gasteiger partial charge in [-0.05, 0) is 31.2 Å². The second kappa shape index (κ2) is 5.00. The number of furan rings is 1. The van der Waals surface area contributed by atoms with E-state index in [0.29, 0.717) is 16.9 Å². The van der Waals surface area contributed by atoms with Gasteiger partial charge in [0.25, 0.3) is 0 Å². The van der Waals surface area contributed by atoms with Crippen molar-refractivity contribution in [3.8, 4) is 0 Å². The summed E-state index contributed by atoms with van der Waals surface area (Å²) in [5, 5.41) is 0.784. The molecule has 5 heteroatoms. The van der Waals surface area contributed by atoms with Crippen molar-refractivity contribution >= 4 is 22.7 Å². The van der Waals surface area contributed by atoms with Gasteiger partial charge < -0.3 is 4.42 Å². The molecule has 0 amide bonds. The second-order valence-corrected chi connectivity index (χ2v) is 3.97. The number of carbonyl (C=O) groups excluding carboxylic acids is 2. The summed E-state index contributed by atoms with van der Waals surface area (Å²) in [7, 11) is 0. The molecule has 0 aliphatic heterocycles. The number of hydrogen-bond donors (Lipinski definition) is 0. The van der Waals surface area contributed by atoms with E-state index in [1.165, 1.54) is 6.92 Å². The third-order valence-corrected chi connectivity index (χ3v) is 2.64. The van der Waals surface area contributed by atoms with Gasteiger partial charge in [-0.3, -0.25) is 9.74 Å². The lowest BCUT2D eigenvalue weighted by Crippen LogP contribution is -1.98. The summed E-state index contributed by atoms with van der Waals surface area (Å²) in [5.41, 5.74) is 1.22. The number of halogens is 1. The van der Waals surface area contributed by atoms with Gasteiger partial charge in [-0.15, -0.1) is 0 Å². The first-order valence-electron chi connectivity index (χ1n) is 5.45. The fourth-order valence-electron chi connectivity index (χ4n) is 1.70. The highest BCUT2D eigenvalue weighted by Gasteiger charge is 2.09. The van der Waals surface area contributed by atoms with Crippen molar-refractivity contribution in [2.75, 3.05) is 0 Å². The SMILES string of the molecule is CC(=O)c1ccc2oc(CCC(=O)OF)cc2c1. The normalized spacial score (nSPS) is 10.6. The summed E-state index contributed by atoms with van der Waals surface area (Å²) >= 11 is 0. The molecule has 0 saturated carbocycles. The van der Waals surface area contributed by atoms with E-state index in [2.05, 4.69) is 4.94 Å². The van der Waals surface area contributed by atoms with Crippen LogP contribution in [0.5, 0.6) is 0 Å². The molecule has 2 aromatic rings. The highest BCUT2D eigenvalue weighted by molar-refractivity contribution is 5.97. The standard InChI is InChI=1S/C13H11FO4/c1-8(15)9-2-4-12-10(6-9)7-11(17-12)3-5-13(16)18-14/h2,4,6-7H,3,5H2,1H3. The van der Waals surface area contributed by atoms with Crippen LogP contribution in [0.3, 0.4) is 0 Å². The lowest BCUT2D eigenvalue weighted by Gasteiger charge is -1.93. The lowest BCUT2D eigenvalue weighted by molar-refractivity contribution is -0.183. The molecule has 0 saturated heterocycles. The minimum absolute atomic E-state index is 0.0272. The first-order valence-corrected chi connectivity index (χ1v) is 5.45. The number of Topliss-reactive ketones (excluding diaryl/α,β-unsaturated/α-hetero) is 1. The second-order valence-electron chi connectivity index (χ2n) is 3.97. The minimum Gasteiger partial charge on any atom is -0.461 e. The van der Waals surface area contributed by atoms with E-state index in [-0.39, 0.29) is 18.6 Å². The van der Waals surface area contributed by atoms with Crippen molar-refractivity contribution in [3.63, 3.8) is 0 Å². The molecule has 0 spiro atoms. The summed E-state index contributed by atoms with van der Waals surface area (Å²) in [6.45, 7) is 1.49. The van der Waals surface area contributed by atoms with Crippen molar-refractivity contribution in [2.45, 2.75) is 19.8 Å². The van der Waals surface area contributed by atoms with Gasteiger partial charge in [-0.25, -0.2) is 4.79 Å². The van der Waals surface area contributed by atoms with Gasteiger partial charge in [0.2, 0.25) is 0 Å². The predicted octanol–water partition coefficient (Wildman–Crippen LogP) is 3.00. The van der Waals surface area contributed by atoms with Gasteiger partial charge >= 0.3 is 5.97 Å². The fourth-order valence-corrected chi connectivity index (χ4v) is 1.70. The minimum atomic E-state index is -0.931. The van der Waals surface area contributed by atoms with Gasteiger partial charge in [0.05, 0.1) is 6.42 Å². The molecule has 18 heavy (non-hydrogen) atoms. The summed E-state index contributed by atoms with van der Waals surface area (Å²) in [6, 6.07) is 6.82. The number of ketones is 1. The van der Waals surface area contributed by atoms with Crippen molar-refractivity contribution < 1.29 is 23.5 Å². The Labute approximate surface area is 102 Å². The molecule has 4 nitrogen and oxygen atoms in total. The van der Waals surface area contributed by atoms with Gasteiger partial charge in [0.15, 0.2) is 5.78 Å². The number of hydrogen-bond acceptors (Lipinski definition) is 4. The van der Waals surface area contributed by atoms with Crippen LogP contribution in [0.4, 0.5) is 4.53 Å². The van der Waals surface area contributed by atoms with Crippen LogP contribution < -0.4 is 0 Å². The average Bonchev–Trinajstić information content (AvgIpc) is 2.77. The van der Waals surface area contributed by atoms with E-state index in [9.17, 15) is 14.1 Å². The van der Waals surface area contributed by atoms with Crippen LogP contribution in [0.15, 0.2) is 28.7 Å². The number of aryl methyl sites for hydroxylation is 1. The maximum absolute atomic E-state index is 11.5. The largest absolute Gasteiger partial charge is 0.461 e. The Balaban J connectivity index is 2.22.